The van der Waals surface area contributed by atoms with Crippen LogP contribution in [0.5, 0.6) is 0 Å². The van der Waals surface area contributed by atoms with Crippen molar-refractivity contribution in [2.45, 2.75) is 25.8 Å². The normalized spacial score (nSPS) is 20.1. The molecule has 1 aliphatic heterocycles. The van der Waals surface area contributed by atoms with E-state index in [0.29, 0.717) is 18.5 Å². The molecular weight excluding hydrogens is 276 g/mol. The maximum absolute atomic E-state index is 12.1. The molecule has 0 aromatic heterocycles. The van der Waals surface area contributed by atoms with E-state index in [1.54, 1.807) is 0 Å². The third kappa shape index (κ3) is 4.71. The zero-order chi connectivity index (χ0) is 16.1. The van der Waals surface area contributed by atoms with E-state index in [4.69, 9.17) is 0 Å². The largest absolute Gasteiger partial charge is 0.336 e. The van der Waals surface area contributed by atoms with Crippen LogP contribution in [0.1, 0.15) is 25.3 Å². The van der Waals surface area contributed by atoms with Gasteiger partial charge in [-0.2, -0.15) is 0 Å². The summed E-state index contributed by atoms with van der Waals surface area (Å²) in [7, 11) is 4.24. The van der Waals surface area contributed by atoms with Crippen LogP contribution in [-0.4, -0.2) is 62.1 Å². The average molecular weight is 304 g/mol. The minimum atomic E-state index is -0.137. The molecule has 1 saturated heterocycles. The lowest BCUT2D eigenvalue weighted by Crippen LogP contribution is -2.54. The Bertz CT molecular complexity index is 503. The first-order valence-corrected chi connectivity index (χ1v) is 7.99. The Hall–Kier alpha value is -1.59. The second kappa shape index (κ2) is 7.61. The maximum Gasteiger partial charge on any atom is 0.319 e. The van der Waals surface area contributed by atoms with Crippen LogP contribution in [0.4, 0.5) is 10.5 Å². The van der Waals surface area contributed by atoms with Crippen LogP contribution in [0.15, 0.2) is 24.3 Å². The zero-order valence-corrected chi connectivity index (χ0v) is 14.1. The second-order valence-corrected chi connectivity index (χ2v) is 6.51. The Morgan fingerprint density at radius 1 is 1.32 bits per heavy atom. The molecule has 1 aromatic rings. The number of hydrogen-bond donors (Lipinski definition) is 2. The molecule has 2 rings (SSSR count). The van der Waals surface area contributed by atoms with E-state index < -0.39 is 0 Å². The van der Waals surface area contributed by atoms with Crippen molar-refractivity contribution < 1.29 is 4.79 Å². The molecule has 0 spiro atoms. The predicted octanol–water partition coefficient (Wildman–Crippen LogP) is 2.18. The van der Waals surface area contributed by atoms with Gasteiger partial charge in [0.05, 0.1) is 0 Å². The van der Waals surface area contributed by atoms with Gasteiger partial charge in [0.1, 0.15) is 0 Å². The van der Waals surface area contributed by atoms with Gasteiger partial charge in [0.2, 0.25) is 0 Å². The number of carbonyl (C=O) groups excluding carboxylic acids is 1. The summed E-state index contributed by atoms with van der Waals surface area (Å²) < 4.78 is 0. The molecule has 122 valence electrons. The fourth-order valence-electron chi connectivity index (χ4n) is 2.68. The van der Waals surface area contributed by atoms with Gasteiger partial charge in [-0.15, -0.1) is 0 Å². The highest BCUT2D eigenvalue weighted by atomic mass is 16.2. The van der Waals surface area contributed by atoms with E-state index >= 15 is 0 Å². The number of nitrogens with zero attached hydrogens (tertiary/aromatic N) is 2. The molecule has 1 aromatic carbocycles. The summed E-state index contributed by atoms with van der Waals surface area (Å²) in [5.74, 6) is 0.455. The Balaban J connectivity index is 1.84. The van der Waals surface area contributed by atoms with Crippen molar-refractivity contribution in [1.82, 2.24) is 15.1 Å². The first-order chi connectivity index (χ1) is 10.5. The lowest BCUT2D eigenvalue weighted by Gasteiger charge is -2.37. The number of rotatable bonds is 4. The van der Waals surface area contributed by atoms with Crippen LogP contribution in [0.2, 0.25) is 0 Å². The van der Waals surface area contributed by atoms with Crippen LogP contribution < -0.4 is 10.6 Å². The first kappa shape index (κ1) is 16.8. The molecule has 0 aliphatic carbocycles. The van der Waals surface area contributed by atoms with Crippen LogP contribution in [0.3, 0.4) is 0 Å². The fraction of sp³-hybridized carbons (Fsp3) is 0.588. The van der Waals surface area contributed by atoms with Crippen LogP contribution in [0, 0.1) is 0 Å². The smallest absolute Gasteiger partial charge is 0.319 e. The molecule has 5 nitrogen and oxygen atoms in total. The Labute approximate surface area is 133 Å². The van der Waals surface area contributed by atoms with Crippen molar-refractivity contribution in [3.63, 3.8) is 0 Å². The van der Waals surface area contributed by atoms with Gasteiger partial charge in [-0.1, -0.05) is 26.0 Å². The molecule has 0 radical (unpaired) electrons. The van der Waals surface area contributed by atoms with Crippen molar-refractivity contribution in [3.8, 4) is 0 Å². The molecule has 5 heteroatoms. The van der Waals surface area contributed by atoms with Gasteiger partial charge in [-0.25, -0.2) is 4.79 Å². The molecule has 22 heavy (non-hydrogen) atoms. The summed E-state index contributed by atoms with van der Waals surface area (Å²) in [4.78, 5) is 16.7. The topological polar surface area (TPSA) is 47.6 Å². The van der Waals surface area contributed by atoms with Gasteiger partial charge in [-0.3, -0.25) is 4.90 Å². The van der Waals surface area contributed by atoms with Gasteiger partial charge in [-0.05, 0) is 37.7 Å². The average Bonchev–Trinajstić information content (AvgIpc) is 2.48. The molecule has 2 N–H and O–H groups in total. The summed E-state index contributed by atoms with van der Waals surface area (Å²) in [6.07, 6.45) is 0. The number of benzene rings is 1. The molecule has 0 unspecified atom stereocenters. The monoisotopic (exact) mass is 304 g/mol. The fourth-order valence-corrected chi connectivity index (χ4v) is 2.68. The number of carbonyl (C=O) groups is 1. The van der Waals surface area contributed by atoms with Gasteiger partial charge < -0.3 is 15.5 Å². The standard InChI is InChI=1S/C17H28N4O/c1-13(2)14-6-5-7-15(10-14)19-17(22)18-11-16-12-20(3)8-9-21(16)4/h5-7,10,13,16H,8-9,11-12H2,1-4H3,(H2,18,19,22)/t16-/m1/s1. The Morgan fingerprint density at radius 2 is 2.09 bits per heavy atom. The summed E-state index contributed by atoms with van der Waals surface area (Å²) in [5, 5.41) is 5.90. The zero-order valence-electron chi connectivity index (χ0n) is 14.1. The number of urea groups is 1. The minimum absolute atomic E-state index is 0.137. The Kier molecular flexibility index (Phi) is 5.80. The first-order valence-electron chi connectivity index (χ1n) is 7.99. The highest BCUT2D eigenvalue weighted by molar-refractivity contribution is 5.89. The summed E-state index contributed by atoms with van der Waals surface area (Å²) in [6, 6.07) is 8.25. The van der Waals surface area contributed by atoms with Crippen molar-refractivity contribution in [2.24, 2.45) is 0 Å². The van der Waals surface area contributed by atoms with E-state index in [2.05, 4.69) is 54.4 Å². The molecule has 1 fully saturated rings. The SMILES string of the molecule is CC(C)c1cccc(NC(=O)NC[C@@H]2CN(C)CCN2C)c1. The van der Waals surface area contributed by atoms with E-state index in [9.17, 15) is 4.79 Å². The highest BCUT2D eigenvalue weighted by Gasteiger charge is 2.22. The van der Waals surface area contributed by atoms with E-state index in [1.165, 1.54) is 5.56 Å². The van der Waals surface area contributed by atoms with Gasteiger partial charge in [0, 0.05) is 37.9 Å². The number of piperazine rings is 1. The molecule has 1 heterocycles. The number of nitrogens with one attached hydrogen (secondary N) is 2. The second-order valence-electron chi connectivity index (χ2n) is 6.51. The minimum Gasteiger partial charge on any atom is -0.336 e. The lowest BCUT2D eigenvalue weighted by atomic mass is 10.0. The number of amides is 2. The van der Waals surface area contributed by atoms with Crippen LogP contribution >= 0.6 is 0 Å². The number of likely N-dealkylation sites (N-methyl/N-ethyl adjacent to an activating group) is 2. The molecule has 0 bridgehead atoms. The summed E-state index contributed by atoms with van der Waals surface area (Å²) >= 11 is 0. The van der Waals surface area contributed by atoms with E-state index in [1.807, 2.05) is 18.2 Å². The Morgan fingerprint density at radius 3 is 2.82 bits per heavy atom. The molecule has 0 saturated carbocycles. The highest BCUT2D eigenvalue weighted by Crippen LogP contribution is 2.18. The molecule has 1 atom stereocenters. The summed E-state index contributed by atoms with van der Waals surface area (Å²) in [6.45, 7) is 8.07. The van der Waals surface area contributed by atoms with Crippen molar-refractivity contribution in [2.75, 3.05) is 45.6 Å². The van der Waals surface area contributed by atoms with Gasteiger partial charge in [0.25, 0.3) is 0 Å². The van der Waals surface area contributed by atoms with Crippen molar-refractivity contribution in [1.29, 1.82) is 0 Å². The summed E-state index contributed by atoms with van der Waals surface area (Å²) in [5.41, 5.74) is 2.07. The van der Waals surface area contributed by atoms with Crippen molar-refractivity contribution in [3.05, 3.63) is 29.8 Å². The van der Waals surface area contributed by atoms with E-state index in [0.717, 1.165) is 25.3 Å². The van der Waals surface area contributed by atoms with Crippen molar-refractivity contribution >= 4 is 11.7 Å². The predicted molar refractivity (Wildman–Crippen MR) is 91.5 cm³/mol. The van der Waals surface area contributed by atoms with Crippen LogP contribution in [0.25, 0.3) is 0 Å². The van der Waals surface area contributed by atoms with E-state index in [-0.39, 0.29) is 6.03 Å². The van der Waals surface area contributed by atoms with Crippen LogP contribution in [-0.2, 0) is 0 Å². The third-order valence-corrected chi connectivity index (χ3v) is 4.29. The molecular formula is C17H28N4O. The van der Waals surface area contributed by atoms with Gasteiger partial charge >= 0.3 is 6.03 Å². The molecule has 2 amide bonds. The third-order valence-electron chi connectivity index (χ3n) is 4.29. The lowest BCUT2D eigenvalue weighted by molar-refractivity contribution is 0.115. The van der Waals surface area contributed by atoms with Gasteiger partial charge in [0.15, 0.2) is 0 Å². The quantitative estimate of drug-likeness (QED) is 0.896. The number of hydrogen-bond acceptors (Lipinski definition) is 3. The molecule has 1 aliphatic rings. The number of anilines is 1. The maximum atomic E-state index is 12.1.